The van der Waals surface area contributed by atoms with Gasteiger partial charge in [-0.15, -0.1) is 11.3 Å². The largest absolute Gasteiger partial charge is 0.322 e. The third kappa shape index (κ3) is 4.52. The summed E-state index contributed by atoms with van der Waals surface area (Å²) >= 11 is 14.9. The molecule has 2 heterocycles. The van der Waals surface area contributed by atoms with Crippen LogP contribution in [0.3, 0.4) is 0 Å². The second-order valence-electron chi connectivity index (χ2n) is 5.28. The van der Waals surface area contributed by atoms with Crippen molar-refractivity contribution in [2.45, 2.75) is 23.1 Å². The summed E-state index contributed by atoms with van der Waals surface area (Å²) < 4.78 is 0.996. The van der Waals surface area contributed by atoms with Crippen molar-refractivity contribution in [2.24, 2.45) is 0 Å². The molecule has 0 saturated carbocycles. The highest BCUT2D eigenvalue weighted by molar-refractivity contribution is 8.01. The molecule has 0 bridgehead atoms. The quantitative estimate of drug-likeness (QED) is 0.547. The van der Waals surface area contributed by atoms with Crippen LogP contribution < -0.4 is 5.32 Å². The van der Waals surface area contributed by atoms with Crippen molar-refractivity contribution in [1.29, 1.82) is 0 Å². The van der Waals surface area contributed by atoms with Gasteiger partial charge in [0.25, 0.3) is 5.91 Å². The van der Waals surface area contributed by atoms with Crippen molar-refractivity contribution in [1.82, 2.24) is 9.97 Å². The van der Waals surface area contributed by atoms with Crippen LogP contribution in [0.5, 0.6) is 0 Å². The van der Waals surface area contributed by atoms with Gasteiger partial charge in [0.2, 0.25) is 0 Å². The third-order valence-corrected chi connectivity index (χ3v) is 6.04. The summed E-state index contributed by atoms with van der Waals surface area (Å²) in [7, 11) is 0. The van der Waals surface area contributed by atoms with Crippen molar-refractivity contribution in [3.63, 3.8) is 0 Å². The van der Waals surface area contributed by atoms with Gasteiger partial charge in [-0.05, 0) is 43.7 Å². The number of hydrogen-bond donors (Lipinski definition) is 1. The normalized spacial score (nSPS) is 10.7. The van der Waals surface area contributed by atoms with Crippen molar-refractivity contribution < 1.29 is 4.79 Å². The molecule has 0 radical (unpaired) electrons. The van der Waals surface area contributed by atoms with Gasteiger partial charge in [-0.1, -0.05) is 35.0 Å². The van der Waals surface area contributed by atoms with Gasteiger partial charge in [0, 0.05) is 27.9 Å². The zero-order valence-electron chi connectivity index (χ0n) is 13.3. The lowest BCUT2D eigenvalue weighted by atomic mass is 10.2. The third-order valence-electron chi connectivity index (χ3n) is 3.31. The monoisotopic (exact) mass is 409 g/mol. The highest BCUT2D eigenvalue weighted by Gasteiger charge is 2.11. The minimum Gasteiger partial charge on any atom is -0.322 e. The molecule has 1 N–H and O–H groups in total. The first-order chi connectivity index (χ1) is 11.9. The summed E-state index contributed by atoms with van der Waals surface area (Å²) in [6, 6.07) is 7.35. The number of hydrogen-bond acceptors (Lipinski definition) is 5. The summed E-state index contributed by atoms with van der Waals surface area (Å²) in [5.74, 6) is -0.287. The van der Waals surface area contributed by atoms with Crippen molar-refractivity contribution >= 4 is 57.9 Å². The van der Waals surface area contributed by atoms with Crippen LogP contribution >= 0.6 is 46.3 Å². The topological polar surface area (TPSA) is 54.9 Å². The van der Waals surface area contributed by atoms with Gasteiger partial charge in [-0.2, -0.15) is 0 Å². The Balaban J connectivity index is 1.74. The van der Waals surface area contributed by atoms with Crippen LogP contribution in [0, 0.1) is 13.8 Å². The molecule has 0 fully saturated rings. The molecular weight excluding hydrogens is 397 g/mol. The van der Waals surface area contributed by atoms with E-state index in [2.05, 4.69) is 15.3 Å². The Morgan fingerprint density at radius 1 is 1.24 bits per heavy atom. The molecule has 1 aromatic carbocycles. The number of halogens is 2. The highest BCUT2D eigenvalue weighted by Crippen LogP contribution is 2.32. The molecule has 0 aliphatic carbocycles. The minimum atomic E-state index is -0.287. The summed E-state index contributed by atoms with van der Waals surface area (Å²) in [6.07, 6.45) is 1.40. The number of aromatic nitrogens is 2. The number of amides is 1. The van der Waals surface area contributed by atoms with E-state index in [1.165, 1.54) is 12.3 Å². The van der Waals surface area contributed by atoms with Crippen LogP contribution in [-0.2, 0) is 0 Å². The van der Waals surface area contributed by atoms with Crippen LogP contribution in [0.1, 0.15) is 21.6 Å². The summed E-state index contributed by atoms with van der Waals surface area (Å²) in [4.78, 5) is 21.7. The molecule has 0 atom stereocenters. The molecule has 25 heavy (non-hydrogen) atoms. The van der Waals surface area contributed by atoms with Gasteiger partial charge < -0.3 is 5.32 Å². The molecule has 0 spiro atoms. The number of carbonyl (C=O) groups is 1. The van der Waals surface area contributed by atoms with E-state index in [-0.39, 0.29) is 16.1 Å². The van der Waals surface area contributed by atoms with Gasteiger partial charge >= 0.3 is 0 Å². The predicted molar refractivity (Wildman–Crippen MR) is 104 cm³/mol. The van der Waals surface area contributed by atoms with E-state index in [0.717, 1.165) is 26.2 Å². The molecule has 4 nitrogen and oxygen atoms in total. The Bertz CT molecular complexity index is 943. The van der Waals surface area contributed by atoms with E-state index in [1.807, 2.05) is 37.4 Å². The van der Waals surface area contributed by atoms with Gasteiger partial charge in [0.15, 0.2) is 4.34 Å². The zero-order chi connectivity index (χ0) is 18.0. The number of nitrogens with one attached hydrogen (secondary N) is 1. The molecular formula is C17H13Cl2N3OS2. The number of rotatable bonds is 4. The fourth-order valence-corrected chi connectivity index (χ4v) is 4.24. The number of aryl methyl sites for hydroxylation is 2. The molecule has 3 rings (SSSR count). The van der Waals surface area contributed by atoms with Crippen LogP contribution in [0.15, 0.2) is 45.1 Å². The fraction of sp³-hybridized carbons (Fsp3) is 0.118. The Hall–Kier alpha value is -1.60. The van der Waals surface area contributed by atoms with E-state index < -0.39 is 0 Å². The highest BCUT2D eigenvalue weighted by atomic mass is 35.5. The van der Waals surface area contributed by atoms with Gasteiger partial charge in [0.1, 0.15) is 5.15 Å². The van der Waals surface area contributed by atoms with E-state index in [9.17, 15) is 4.79 Å². The number of benzene rings is 1. The number of anilines is 1. The number of nitrogens with zero attached hydrogens (tertiary/aromatic N) is 2. The second-order valence-corrected chi connectivity index (χ2v) is 8.23. The van der Waals surface area contributed by atoms with E-state index >= 15 is 0 Å². The molecule has 0 aliphatic heterocycles. The summed E-state index contributed by atoms with van der Waals surface area (Å²) in [5, 5.41) is 5.31. The van der Waals surface area contributed by atoms with Crippen LogP contribution in [-0.4, -0.2) is 15.9 Å². The first-order valence-electron chi connectivity index (χ1n) is 7.25. The second kappa shape index (κ2) is 7.74. The first kappa shape index (κ1) is 18.2. The van der Waals surface area contributed by atoms with Crippen molar-refractivity contribution in [2.75, 3.05) is 5.32 Å². The lowest BCUT2D eigenvalue weighted by Gasteiger charge is -2.10. The van der Waals surface area contributed by atoms with E-state index in [4.69, 9.17) is 23.2 Å². The van der Waals surface area contributed by atoms with Crippen LogP contribution in [0.25, 0.3) is 0 Å². The van der Waals surface area contributed by atoms with Crippen LogP contribution in [0.2, 0.25) is 10.2 Å². The molecule has 128 valence electrons. The molecule has 0 unspecified atom stereocenters. The lowest BCUT2D eigenvalue weighted by molar-refractivity contribution is 0.102. The van der Waals surface area contributed by atoms with Gasteiger partial charge in [-0.25, -0.2) is 9.97 Å². The number of carbonyl (C=O) groups excluding carboxylic acids is 1. The van der Waals surface area contributed by atoms with E-state index in [0.29, 0.717) is 5.56 Å². The predicted octanol–water partition coefficient (Wildman–Crippen LogP) is 5.87. The Kier molecular flexibility index (Phi) is 5.64. The van der Waals surface area contributed by atoms with Crippen molar-refractivity contribution in [3.8, 4) is 0 Å². The maximum absolute atomic E-state index is 12.3. The average Bonchev–Trinajstić information content (AvgIpc) is 2.97. The van der Waals surface area contributed by atoms with Crippen LogP contribution in [0.4, 0.5) is 5.69 Å². The molecule has 0 aliphatic rings. The maximum Gasteiger partial charge on any atom is 0.257 e. The van der Waals surface area contributed by atoms with Gasteiger partial charge in [-0.3, -0.25) is 4.79 Å². The standard InChI is InChI=1S/C17H13Cl2N3OS2/c1-9-5-12(25-17-21-10(2)8-24-17)3-4-14(9)22-16(23)11-6-13(18)15(19)20-7-11/h3-8H,1-2H3,(H,22,23). The molecule has 1 amide bonds. The smallest absolute Gasteiger partial charge is 0.257 e. The molecule has 3 aromatic rings. The van der Waals surface area contributed by atoms with Crippen molar-refractivity contribution in [3.05, 3.63) is 62.8 Å². The Morgan fingerprint density at radius 2 is 2.04 bits per heavy atom. The average molecular weight is 410 g/mol. The maximum atomic E-state index is 12.3. The molecule has 2 aromatic heterocycles. The Labute approximate surface area is 163 Å². The lowest BCUT2D eigenvalue weighted by Crippen LogP contribution is -2.13. The fourth-order valence-electron chi connectivity index (χ4n) is 2.06. The van der Waals surface area contributed by atoms with E-state index in [1.54, 1.807) is 23.1 Å². The number of thiazole rings is 1. The zero-order valence-corrected chi connectivity index (χ0v) is 16.5. The first-order valence-corrected chi connectivity index (χ1v) is 9.70. The minimum absolute atomic E-state index is 0.174. The molecule has 8 heteroatoms. The summed E-state index contributed by atoms with van der Waals surface area (Å²) in [6.45, 7) is 3.92. The van der Waals surface area contributed by atoms with Gasteiger partial charge in [0.05, 0.1) is 10.6 Å². The Morgan fingerprint density at radius 3 is 2.68 bits per heavy atom. The number of pyridine rings is 1. The SMILES string of the molecule is Cc1csc(Sc2ccc(NC(=O)c3cnc(Cl)c(Cl)c3)c(C)c2)n1. The molecule has 0 saturated heterocycles. The summed E-state index contributed by atoms with van der Waals surface area (Å²) in [5.41, 5.74) is 3.06.